The maximum absolute atomic E-state index is 13.4. The highest BCUT2D eigenvalue weighted by atomic mass is 32.2. The Bertz CT molecular complexity index is 934. The number of rotatable bonds is 10. The van der Waals surface area contributed by atoms with Gasteiger partial charge in [-0.3, -0.25) is 9.10 Å². The van der Waals surface area contributed by atoms with E-state index in [4.69, 9.17) is 4.74 Å². The van der Waals surface area contributed by atoms with Gasteiger partial charge in [-0.15, -0.1) is 0 Å². The monoisotopic (exact) mass is 426 g/mol. The van der Waals surface area contributed by atoms with E-state index in [1.807, 2.05) is 31.2 Å². The fourth-order valence-corrected chi connectivity index (χ4v) is 3.51. The van der Waals surface area contributed by atoms with Crippen molar-refractivity contribution in [3.8, 4) is 5.75 Å². The Balaban J connectivity index is 1.87. The van der Waals surface area contributed by atoms with Crippen LogP contribution in [0.2, 0.25) is 0 Å². The third kappa shape index (κ3) is 7.01. The van der Waals surface area contributed by atoms with Crippen molar-refractivity contribution in [2.24, 2.45) is 0 Å². The Morgan fingerprint density at radius 2 is 1.79 bits per heavy atom. The summed E-state index contributed by atoms with van der Waals surface area (Å²) < 4.78 is 56.6. The van der Waals surface area contributed by atoms with Crippen LogP contribution in [-0.2, 0) is 21.2 Å². The highest BCUT2D eigenvalue weighted by molar-refractivity contribution is 7.92. The minimum absolute atomic E-state index is 0.115. The Hall–Kier alpha value is -2.68. The molecule has 0 aliphatic heterocycles. The SMILES string of the molecule is CCOc1ccc(CCCNC(=O)CN(c2ccc(F)c(F)c2)S(C)(=O)=O)cc1. The molecule has 158 valence electrons. The molecule has 0 saturated heterocycles. The summed E-state index contributed by atoms with van der Waals surface area (Å²) in [6.07, 6.45) is 2.28. The minimum Gasteiger partial charge on any atom is -0.494 e. The maximum atomic E-state index is 13.4. The molecule has 0 radical (unpaired) electrons. The molecule has 0 spiro atoms. The molecule has 0 saturated carbocycles. The first-order valence-electron chi connectivity index (χ1n) is 9.12. The molecule has 0 heterocycles. The van der Waals surface area contributed by atoms with Gasteiger partial charge in [0.25, 0.3) is 0 Å². The summed E-state index contributed by atoms with van der Waals surface area (Å²) in [5.74, 6) is -2.03. The first-order valence-corrected chi connectivity index (χ1v) is 11.0. The summed E-state index contributed by atoms with van der Waals surface area (Å²) in [6, 6.07) is 10.3. The zero-order valence-electron chi connectivity index (χ0n) is 16.3. The van der Waals surface area contributed by atoms with Gasteiger partial charge in [0.1, 0.15) is 12.3 Å². The number of halogens is 2. The van der Waals surface area contributed by atoms with Crippen molar-refractivity contribution in [2.75, 3.05) is 30.3 Å². The molecule has 0 aliphatic rings. The molecule has 6 nitrogen and oxygen atoms in total. The summed E-state index contributed by atoms with van der Waals surface area (Å²) in [6.45, 7) is 2.34. The van der Waals surface area contributed by atoms with Gasteiger partial charge in [0.2, 0.25) is 15.9 Å². The fraction of sp³-hybridized carbons (Fsp3) is 0.350. The number of hydrogen-bond donors (Lipinski definition) is 1. The van der Waals surface area contributed by atoms with Gasteiger partial charge in [0.05, 0.1) is 18.6 Å². The number of ether oxygens (including phenoxy) is 1. The van der Waals surface area contributed by atoms with Crippen LogP contribution in [0, 0.1) is 11.6 Å². The zero-order valence-corrected chi connectivity index (χ0v) is 17.1. The van der Waals surface area contributed by atoms with Gasteiger partial charge in [0.15, 0.2) is 11.6 Å². The molecule has 9 heteroatoms. The lowest BCUT2D eigenvalue weighted by atomic mass is 10.1. The molecular weight excluding hydrogens is 402 g/mol. The van der Waals surface area contributed by atoms with E-state index in [2.05, 4.69) is 5.32 Å². The summed E-state index contributed by atoms with van der Waals surface area (Å²) in [5, 5.41) is 2.65. The Morgan fingerprint density at radius 3 is 2.38 bits per heavy atom. The molecule has 0 aromatic heterocycles. The molecule has 2 rings (SSSR count). The quantitative estimate of drug-likeness (QED) is 0.593. The van der Waals surface area contributed by atoms with E-state index in [9.17, 15) is 22.0 Å². The van der Waals surface area contributed by atoms with Crippen molar-refractivity contribution >= 4 is 21.6 Å². The third-order valence-electron chi connectivity index (χ3n) is 4.08. The molecule has 2 aromatic carbocycles. The van der Waals surface area contributed by atoms with Crippen molar-refractivity contribution in [1.29, 1.82) is 0 Å². The smallest absolute Gasteiger partial charge is 0.240 e. The highest BCUT2D eigenvalue weighted by Crippen LogP contribution is 2.20. The maximum Gasteiger partial charge on any atom is 0.240 e. The summed E-state index contributed by atoms with van der Waals surface area (Å²) in [7, 11) is -3.85. The van der Waals surface area contributed by atoms with Crippen LogP contribution in [0.3, 0.4) is 0 Å². The summed E-state index contributed by atoms with van der Waals surface area (Å²) in [5.41, 5.74) is 0.971. The first kappa shape index (κ1) is 22.6. The van der Waals surface area contributed by atoms with Gasteiger partial charge in [-0.25, -0.2) is 17.2 Å². The topological polar surface area (TPSA) is 75.7 Å². The number of carbonyl (C=O) groups excluding carboxylic acids is 1. The number of sulfonamides is 1. The number of aryl methyl sites for hydroxylation is 1. The van der Waals surface area contributed by atoms with Crippen LogP contribution in [0.1, 0.15) is 18.9 Å². The number of carbonyl (C=O) groups is 1. The fourth-order valence-electron chi connectivity index (χ4n) is 2.67. The van der Waals surface area contributed by atoms with Crippen LogP contribution in [0.15, 0.2) is 42.5 Å². The second-order valence-electron chi connectivity index (χ2n) is 6.40. The van der Waals surface area contributed by atoms with E-state index in [1.54, 1.807) is 0 Å². The van der Waals surface area contributed by atoms with E-state index in [1.165, 1.54) is 0 Å². The van der Waals surface area contributed by atoms with E-state index in [0.29, 0.717) is 19.6 Å². The van der Waals surface area contributed by atoms with Crippen LogP contribution in [0.4, 0.5) is 14.5 Å². The molecule has 0 atom stereocenters. The lowest BCUT2D eigenvalue weighted by Crippen LogP contribution is -2.40. The number of benzene rings is 2. The molecule has 0 unspecified atom stereocenters. The molecular formula is C20H24F2N2O4S. The second-order valence-corrected chi connectivity index (χ2v) is 8.31. The van der Waals surface area contributed by atoms with Crippen LogP contribution in [0.25, 0.3) is 0 Å². The lowest BCUT2D eigenvalue weighted by Gasteiger charge is -2.22. The van der Waals surface area contributed by atoms with Gasteiger partial charge >= 0.3 is 0 Å². The van der Waals surface area contributed by atoms with E-state index < -0.39 is 34.1 Å². The highest BCUT2D eigenvalue weighted by Gasteiger charge is 2.21. The standard InChI is InChI=1S/C20H24F2N2O4S/c1-3-28-17-9-6-15(7-10-17)5-4-12-23-20(25)14-24(29(2,26)27)16-8-11-18(21)19(22)13-16/h6-11,13H,3-5,12,14H2,1-2H3,(H,23,25). The van der Waals surface area contributed by atoms with Crippen LogP contribution >= 0.6 is 0 Å². The predicted octanol–water partition coefficient (Wildman–Crippen LogP) is 2.88. The normalized spacial score (nSPS) is 11.2. The molecule has 1 N–H and O–H groups in total. The van der Waals surface area contributed by atoms with Gasteiger partial charge in [-0.1, -0.05) is 12.1 Å². The Labute approximate surface area is 169 Å². The Morgan fingerprint density at radius 1 is 1.10 bits per heavy atom. The predicted molar refractivity (Wildman–Crippen MR) is 107 cm³/mol. The van der Waals surface area contributed by atoms with Gasteiger partial charge in [0, 0.05) is 12.6 Å². The molecule has 29 heavy (non-hydrogen) atoms. The van der Waals surface area contributed by atoms with Crippen molar-refractivity contribution in [3.63, 3.8) is 0 Å². The molecule has 0 bridgehead atoms. The average Bonchev–Trinajstić information content (AvgIpc) is 2.66. The Kier molecular flexibility index (Phi) is 7.95. The third-order valence-corrected chi connectivity index (χ3v) is 5.22. The molecule has 0 fully saturated rings. The van der Waals surface area contributed by atoms with Gasteiger partial charge in [-0.2, -0.15) is 0 Å². The molecule has 0 aliphatic carbocycles. The second kappa shape index (κ2) is 10.2. The summed E-state index contributed by atoms with van der Waals surface area (Å²) in [4.78, 5) is 12.2. The van der Waals surface area contributed by atoms with Crippen LogP contribution < -0.4 is 14.4 Å². The number of nitrogens with one attached hydrogen (secondary N) is 1. The molecule has 1 amide bonds. The van der Waals surface area contributed by atoms with Crippen molar-refractivity contribution in [3.05, 3.63) is 59.7 Å². The molecule has 2 aromatic rings. The minimum atomic E-state index is -3.85. The van der Waals surface area contributed by atoms with Gasteiger partial charge in [-0.05, 0) is 49.6 Å². The van der Waals surface area contributed by atoms with E-state index >= 15 is 0 Å². The van der Waals surface area contributed by atoms with Crippen molar-refractivity contribution in [1.82, 2.24) is 5.32 Å². The van der Waals surface area contributed by atoms with Crippen molar-refractivity contribution < 1.29 is 26.7 Å². The van der Waals surface area contributed by atoms with Crippen LogP contribution in [0.5, 0.6) is 5.75 Å². The van der Waals surface area contributed by atoms with E-state index in [-0.39, 0.29) is 5.69 Å². The van der Waals surface area contributed by atoms with E-state index in [0.717, 1.165) is 46.5 Å². The van der Waals surface area contributed by atoms with Crippen molar-refractivity contribution in [2.45, 2.75) is 19.8 Å². The number of amides is 1. The van der Waals surface area contributed by atoms with Gasteiger partial charge < -0.3 is 10.1 Å². The van der Waals surface area contributed by atoms with Crippen LogP contribution in [-0.4, -0.2) is 40.3 Å². The average molecular weight is 426 g/mol. The zero-order chi connectivity index (χ0) is 21.4. The number of anilines is 1. The number of hydrogen-bond acceptors (Lipinski definition) is 4. The lowest BCUT2D eigenvalue weighted by molar-refractivity contribution is -0.119. The first-order chi connectivity index (χ1) is 13.7. The number of nitrogens with zero attached hydrogens (tertiary/aromatic N) is 1. The summed E-state index contributed by atoms with van der Waals surface area (Å²) >= 11 is 0. The largest absolute Gasteiger partial charge is 0.494 e.